The highest BCUT2D eigenvalue weighted by atomic mass is 32.2. The van der Waals surface area contributed by atoms with Crippen LogP contribution in [0.5, 0.6) is 0 Å². The molecule has 0 aromatic heterocycles. The van der Waals surface area contributed by atoms with Gasteiger partial charge in [0, 0.05) is 23.0 Å². The van der Waals surface area contributed by atoms with Crippen molar-refractivity contribution in [1.82, 2.24) is 0 Å². The van der Waals surface area contributed by atoms with Crippen molar-refractivity contribution in [1.29, 1.82) is 0 Å². The SMILES string of the molecule is CCCCCO[Si](C)(C)C(C)SC(C)[Si](C)(C)OCCCCC. The Kier molecular flexibility index (Phi) is 12.5. The Hall–Kier alpha value is 0.704. The average molecular weight is 379 g/mol. The van der Waals surface area contributed by atoms with Gasteiger partial charge >= 0.3 is 0 Å². The normalized spacial score (nSPS) is 15.7. The third-order valence-corrected chi connectivity index (χ3v) is 15.7. The quantitative estimate of drug-likeness (QED) is 0.257. The molecule has 23 heavy (non-hydrogen) atoms. The van der Waals surface area contributed by atoms with Crippen LogP contribution >= 0.6 is 11.8 Å². The van der Waals surface area contributed by atoms with Gasteiger partial charge in [-0.25, -0.2) is 0 Å². The van der Waals surface area contributed by atoms with Crippen molar-refractivity contribution in [2.45, 2.75) is 102 Å². The van der Waals surface area contributed by atoms with E-state index in [0.29, 0.717) is 9.75 Å². The molecule has 0 aliphatic heterocycles. The van der Waals surface area contributed by atoms with E-state index in [4.69, 9.17) is 8.85 Å². The fourth-order valence-electron chi connectivity index (χ4n) is 2.24. The molecule has 0 aliphatic rings. The molecule has 0 aromatic carbocycles. The lowest BCUT2D eigenvalue weighted by atomic mass is 10.3. The third-order valence-electron chi connectivity index (χ3n) is 4.81. The van der Waals surface area contributed by atoms with E-state index < -0.39 is 16.6 Å². The van der Waals surface area contributed by atoms with Crippen LogP contribution in [0.4, 0.5) is 0 Å². The maximum Gasteiger partial charge on any atom is 0.199 e. The van der Waals surface area contributed by atoms with Gasteiger partial charge in [-0.15, -0.1) is 0 Å². The number of thioether (sulfide) groups is 1. The lowest BCUT2D eigenvalue weighted by molar-refractivity contribution is 0.294. The van der Waals surface area contributed by atoms with E-state index >= 15 is 0 Å². The summed E-state index contributed by atoms with van der Waals surface area (Å²) in [6.07, 6.45) is 7.52. The molecule has 0 heterocycles. The second-order valence-corrected chi connectivity index (χ2v) is 19.0. The molecule has 0 saturated carbocycles. The lowest BCUT2D eigenvalue weighted by Crippen LogP contribution is -2.47. The van der Waals surface area contributed by atoms with E-state index in [9.17, 15) is 0 Å². The van der Waals surface area contributed by atoms with Gasteiger partial charge in [0.15, 0.2) is 16.6 Å². The highest BCUT2D eigenvalue weighted by Gasteiger charge is 2.37. The Morgan fingerprint density at radius 1 is 0.696 bits per heavy atom. The first-order valence-corrected chi connectivity index (χ1v) is 16.5. The lowest BCUT2D eigenvalue weighted by Gasteiger charge is -2.35. The molecule has 5 heteroatoms. The zero-order valence-corrected chi connectivity index (χ0v) is 19.9. The fraction of sp³-hybridized carbons (Fsp3) is 1.00. The Balaban J connectivity index is 4.29. The first kappa shape index (κ1) is 23.7. The summed E-state index contributed by atoms with van der Waals surface area (Å²) in [5.41, 5.74) is 0. The maximum atomic E-state index is 6.31. The molecule has 0 rings (SSSR count). The van der Waals surface area contributed by atoms with Gasteiger partial charge in [-0.05, 0) is 39.0 Å². The Morgan fingerprint density at radius 3 is 1.35 bits per heavy atom. The summed E-state index contributed by atoms with van der Waals surface area (Å²) >= 11 is 2.11. The smallest absolute Gasteiger partial charge is 0.199 e. The summed E-state index contributed by atoms with van der Waals surface area (Å²) in [6, 6.07) is 0. The molecule has 0 bridgehead atoms. The molecule has 0 saturated heterocycles. The second kappa shape index (κ2) is 12.1. The molecule has 0 aliphatic carbocycles. The van der Waals surface area contributed by atoms with E-state index in [-0.39, 0.29) is 0 Å². The summed E-state index contributed by atoms with van der Waals surface area (Å²) in [4.78, 5) is 1.23. The van der Waals surface area contributed by atoms with Gasteiger partial charge in [0.05, 0.1) is 0 Å². The van der Waals surface area contributed by atoms with Gasteiger partial charge in [0.1, 0.15) is 0 Å². The van der Waals surface area contributed by atoms with E-state index in [1.807, 2.05) is 0 Å². The molecule has 2 nitrogen and oxygen atoms in total. The van der Waals surface area contributed by atoms with Gasteiger partial charge in [-0.1, -0.05) is 53.4 Å². The Morgan fingerprint density at radius 2 is 1.04 bits per heavy atom. The largest absolute Gasteiger partial charge is 0.416 e. The van der Waals surface area contributed by atoms with Crippen LogP contribution in [0.15, 0.2) is 0 Å². The molecular weight excluding hydrogens is 336 g/mol. The fourth-order valence-corrected chi connectivity index (χ4v) is 9.33. The van der Waals surface area contributed by atoms with Crippen LogP contribution in [0.2, 0.25) is 26.2 Å². The van der Waals surface area contributed by atoms with Crippen LogP contribution in [0.25, 0.3) is 0 Å². The molecule has 0 N–H and O–H groups in total. The summed E-state index contributed by atoms with van der Waals surface area (Å²) in [7, 11) is -3.23. The summed E-state index contributed by atoms with van der Waals surface area (Å²) in [6.45, 7) is 20.6. The van der Waals surface area contributed by atoms with Crippen LogP contribution in [-0.2, 0) is 8.85 Å². The number of unbranched alkanes of at least 4 members (excludes halogenated alkanes) is 4. The van der Waals surface area contributed by atoms with Gasteiger partial charge < -0.3 is 8.85 Å². The average Bonchev–Trinajstić information content (AvgIpc) is 2.48. The zero-order chi connectivity index (χ0) is 17.9. The van der Waals surface area contributed by atoms with E-state index in [2.05, 4.69) is 65.6 Å². The number of rotatable bonds is 14. The third kappa shape index (κ3) is 10.3. The van der Waals surface area contributed by atoms with Crippen molar-refractivity contribution in [3.8, 4) is 0 Å². The predicted molar refractivity (Wildman–Crippen MR) is 112 cm³/mol. The van der Waals surface area contributed by atoms with Crippen LogP contribution in [0.3, 0.4) is 0 Å². The Labute approximate surface area is 152 Å². The van der Waals surface area contributed by atoms with Crippen molar-refractivity contribution in [2.24, 2.45) is 0 Å². The van der Waals surface area contributed by atoms with Crippen molar-refractivity contribution < 1.29 is 8.85 Å². The van der Waals surface area contributed by atoms with E-state index in [1.165, 1.54) is 38.5 Å². The van der Waals surface area contributed by atoms with Gasteiger partial charge in [0.2, 0.25) is 0 Å². The molecule has 0 aromatic rings. The second-order valence-electron chi connectivity index (χ2n) is 7.74. The molecule has 0 radical (unpaired) electrons. The van der Waals surface area contributed by atoms with Crippen LogP contribution in [0.1, 0.15) is 66.2 Å². The molecular formula is C18H42O2SSi2. The first-order valence-electron chi connectivity index (χ1n) is 9.60. The minimum absolute atomic E-state index is 0.616. The first-order chi connectivity index (χ1) is 10.7. The summed E-state index contributed by atoms with van der Waals surface area (Å²) < 4.78 is 12.6. The van der Waals surface area contributed by atoms with E-state index in [0.717, 1.165) is 13.2 Å². The van der Waals surface area contributed by atoms with Crippen molar-refractivity contribution >= 4 is 28.4 Å². The Bertz CT molecular complexity index is 271. The highest BCUT2D eigenvalue weighted by Crippen LogP contribution is 2.32. The van der Waals surface area contributed by atoms with Crippen LogP contribution in [0, 0.1) is 0 Å². The zero-order valence-electron chi connectivity index (χ0n) is 17.0. The molecule has 0 spiro atoms. The maximum absolute atomic E-state index is 6.31. The minimum atomic E-state index is -1.61. The number of hydrogen-bond donors (Lipinski definition) is 0. The monoisotopic (exact) mass is 378 g/mol. The summed E-state index contributed by atoms with van der Waals surface area (Å²) in [5.74, 6) is 0. The van der Waals surface area contributed by atoms with Crippen LogP contribution in [-0.4, -0.2) is 39.6 Å². The minimum Gasteiger partial charge on any atom is -0.416 e. The highest BCUT2D eigenvalue weighted by molar-refractivity contribution is 8.03. The van der Waals surface area contributed by atoms with Crippen molar-refractivity contribution in [3.05, 3.63) is 0 Å². The molecule has 2 atom stereocenters. The molecule has 0 fully saturated rings. The molecule has 2 unspecified atom stereocenters. The van der Waals surface area contributed by atoms with Gasteiger partial charge in [-0.2, -0.15) is 11.8 Å². The topological polar surface area (TPSA) is 18.5 Å². The molecule has 0 amide bonds. The van der Waals surface area contributed by atoms with Crippen LogP contribution < -0.4 is 0 Å². The van der Waals surface area contributed by atoms with Crippen molar-refractivity contribution in [2.75, 3.05) is 13.2 Å². The number of hydrogen-bond acceptors (Lipinski definition) is 3. The predicted octanol–water partition coefficient (Wildman–Crippen LogP) is 6.40. The summed E-state index contributed by atoms with van der Waals surface area (Å²) in [5, 5.41) is 0. The van der Waals surface area contributed by atoms with Gasteiger partial charge in [-0.3, -0.25) is 0 Å². The standard InChI is InChI=1S/C18H42O2SSi2/c1-9-11-13-15-19-22(5,6)17(3)21-18(4)23(7,8)20-16-14-12-10-2/h17-18H,9-16H2,1-8H3. The van der Waals surface area contributed by atoms with Crippen molar-refractivity contribution in [3.63, 3.8) is 0 Å². The van der Waals surface area contributed by atoms with E-state index in [1.54, 1.807) is 0 Å². The molecule has 140 valence electrons. The van der Waals surface area contributed by atoms with Gasteiger partial charge in [0.25, 0.3) is 0 Å².